The molecule has 1 saturated heterocycles. The Labute approximate surface area is 263 Å². The van der Waals surface area contributed by atoms with Gasteiger partial charge < -0.3 is 20.1 Å². The topological polar surface area (TPSA) is 96.7 Å². The predicted octanol–water partition coefficient (Wildman–Crippen LogP) is 6.28. The monoisotopic (exact) mass is 614 g/mol. The van der Waals surface area contributed by atoms with E-state index in [-0.39, 0.29) is 17.7 Å². The van der Waals surface area contributed by atoms with E-state index in [0.717, 1.165) is 66.5 Å². The van der Waals surface area contributed by atoms with Crippen LogP contribution in [0.2, 0.25) is 5.02 Å². The number of aromatic nitrogens is 2. The Balaban J connectivity index is 1.18. The number of amides is 1. The maximum atomic E-state index is 13.3. The summed E-state index contributed by atoms with van der Waals surface area (Å²) in [5, 5.41) is 20.4. The van der Waals surface area contributed by atoms with Crippen molar-refractivity contribution in [2.75, 3.05) is 19.6 Å². The zero-order chi connectivity index (χ0) is 31.0. The lowest BCUT2D eigenvalue weighted by Gasteiger charge is -2.28. The molecule has 1 saturated carbocycles. The molecule has 0 spiro atoms. The van der Waals surface area contributed by atoms with E-state index in [2.05, 4.69) is 41.3 Å². The number of fused-ring (bicyclic) bond motifs is 1. The highest BCUT2D eigenvalue weighted by Gasteiger charge is 2.30. The van der Waals surface area contributed by atoms with Crippen LogP contribution in [0.3, 0.4) is 0 Å². The quantitative estimate of drug-likeness (QED) is 0.152. The molecular formula is C35H39ClN4O4. The van der Waals surface area contributed by atoms with Gasteiger partial charge in [-0.05, 0) is 94.4 Å². The molecular weight excluding hydrogens is 576 g/mol. The summed E-state index contributed by atoms with van der Waals surface area (Å²) in [7, 11) is 0. The third kappa shape index (κ3) is 6.53. The minimum atomic E-state index is -1.06. The van der Waals surface area contributed by atoms with E-state index in [0.29, 0.717) is 22.9 Å². The van der Waals surface area contributed by atoms with Gasteiger partial charge in [0.05, 0.1) is 28.4 Å². The number of hydrogen-bond acceptors (Lipinski definition) is 6. The third-order valence-corrected chi connectivity index (χ3v) is 8.83. The number of carbonyl (C=O) groups is 2. The predicted molar refractivity (Wildman–Crippen MR) is 172 cm³/mol. The molecule has 1 aliphatic heterocycles. The first kappa shape index (κ1) is 30.3. The molecule has 1 aliphatic carbocycles. The second kappa shape index (κ2) is 12.7. The number of benzene rings is 3. The molecule has 6 rings (SSSR count). The molecule has 44 heavy (non-hydrogen) atoms. The Bertz CT molecular complexity index is 1670. The summed E-state index contributed by atoms with van der Waals surface area (Å²) in [6, 6.07) is 18.0. The average Bonchev–Trinajstić information content (AvgIpc) is 3.57. The van der Waals surface area contributed by atoms with Crippen LogP contribution in [0.5, 0.6) is 5.75 Å². The number of nitrogens with zero attached hydrogens (tertiary/aromatic N) is 3. The maximum Gasteiger partial charge on any atom is 0.292 e. The number of ketones is 1. The molecule has 9 heteroatoms. The van der Waals surface area contributed by atoms with Crippen molar-refractivity contribution < 1.29 is 19.4 Å². The molecule has 2 atom stereocenters. The van der Waals surface area contributed by atoms with E-state index < -0.39 is 23.8 Å². The van der Waals surface area contributed by atoms with Gasteiger partial charge in [-0.25, -0.2) is 0 Å². The lowest BCUT2D eigenvalue weighted by molar-refractivity contribution is -0.118. The van der Waals surface area contributed by atoms with Crippen molar-refractivity contribution in [2.24, 2.45) is 0 Å². The summed E-state index contributed by atoms with van der Waals surface area (Å²) >= 11 is 6.47. The van der Waals surface area contributed by atoms with Crippen LogP contribution in [-0.4, -0.2) is 63.3 Å². The molecule has 4 aromatic rings. The lowest BCUT2D eigenvalue weighted by atomic mass is 9.99. The number of aryl methyl sites for hydroxylation is 1. The smallest absolute Gasteiger partial charge is 0.292 e. The largest absolute Gasteiger partial charge is 0.489 e. The van der Waals surface area contributed by atoms with Crippen LogP contribution in [0.25, 0.3) is 22.0 Å². The number of carbonyl (C=O) groups excluding carboxylic acids is 2. The number of Topliss-reactive ketones (excluding diaryl/α,β-unsaturated/α-hetero) is 1. The van der Waals surface area contributed by atoms with Crippen LogP contribution in [0.15, 0.2) is 60.7 Å². The number of nitrogens with one attached hydrogen (secondary N) is 1. The minimum absolute atomic E-state index is 0.202. The van der Waals surface area contributed by atoms with Crippen molar-refractivity contribution in [3.8, 4) is 16.9 Å². The van der Waals surface area contributed by atoms with Crippen LogP contribution in [0.4, 0.5) is 0 Å². The highest BCUT2D eigenvalue weighted by molar-refractivity contribution is 6.42. The van der Waals surface area contributed by atoms with Crippen molar-refractivity contribution in [1.82, 2.24) is 20.0 Å². The summed E-state index contributed by atoms with van der Waals surface area (Å²) in [5.41, 5.74) is 4.83. The SMILES string of the molecule is Cc1nn(C(C)C)c2cc(-c3ccc(C(=O)C(=O)N[C@H](CN4CCCC4)[C@H](O)c4ccc(OC5CC5)c(Cl)c4)cc3)ccc12. The summed E-state index contributed by atoms with van der Waals surface area (Å²) in [6.45, 7) is 8.41. The average molecular weight is 615 g/mol. The van der Waals surface area contributed by atoms with Gasteiger partial charge in [0.25, 0.3) is 5.91 Å². The Hall–Kier alpha value is -3.72. The molecule has 1 aromatic heterocycles. The molecule has 3 aromatic carbocycles. The van der Waals surface area contributed by atoms with Crippen LogP contribution in [0.1, 0.15) is 73.3 Å². The first-order valence-electron chi connectivity index (χ1n) is 15.5. The van der Waals surface area contributed by atoms with E-state index in [1.165, 1.54) is 0 Å². The van der Waals surface area contributed by atoms with Crippen molar-refractivity contribution in [2.45, 2.75) is 70.7 Å². The third-order valence-electron chi connectivity index (χ3n) is 8.53. The van der Waals surface area contributed by atoms with Gasteiger partial charge in [-0.15, -0.1) is 0 Å². The Morgan fingerprint density at radius 1 is 1.02 bits per heavy atom. The summed E-state index contributed by atoms with van der Waals surface area (Å²) in [5.74, 6) is -0.812. The Morgan fingerprint density at radius 3 is 2.39 bits per heavy atom. The van der Waals surface area contributed by atoms with Crippen molar-refractivity contribution in [1.29, 1.82) is 0 Å². The highest BCUT2D eigenvalue weighted by atomic mass is 35.5. The van der Waals surface area contributed by atoms with Gasteiger partial charge in [0.2, 0.25) is 5.78 Å². The van der Waals surface area contributed by atoms with E-state index >= 15 is 0 Å². The van der Waals surface area contributed by atoms with Gasteiger partial charge in [-0.2, -0.15) is 5.10 Å². The summed E-state index contributed by atoms with van der Waals surface area (Å²) in [4.78, 5) is 28.7. The van der Waals surface area contributed by atoms with Crippen LogP contribution in [-0.2, 0) is 4.79 Å². The van der Waals surface area contributed by atoms with E-state index in [4.69, 9.17) is 16.3 Å². The zero-order valence-electron chi connectivity index (χ0n) is 25.4. The number of rotatable bonds is 11. The molecule has 230 valence electrons. The summed E-state index contributed by atoms with van der Waals surface area (Å²) in [6.07, 6.45) is 3.30. The van der Waals surface area contributed by atoms with Gasteiger partial charge in [-0.3, -0.25) is 14.3 Å². The number of ether oxygens (including phenoxy) is 1. The van der Waals surface area contributed by atoms with Crippen molar-refractivity contribution in [3.63, 3.8) is 0 Å². The molecule has 2 N–H and O–H groups in total. The maximum absolute atomic E-state index is 13.3. The normalized spacial score (nSPS) is 16.8. The van der Waals surface area contributed by atoms with Gasteiger partial charge in [0, 0.05) is 23.5 Å². The van der Waals surface area contributed by atoms with Gasteiger partial charge in [-0.1, -0.05) is 54.1 Å². The molecule has 0 radical (unpaired) electrons. The van der Waals surface area contributed by atoms with Gasteiger partial charge >= 0.3 is 0 Å². The number of likely N-dealkylation sites (tertiary alicyclic amines) is 1. The van der Waals surface area contributed by atoms with E-state index in [9.17, 15) is 14.7 Å². The number of hydrogen-bond donors (Lipinski definition) is 2. The Morgan fingerprint density at radius 2 is 1.73 bits per heavy atom. The number of aliphatic hydroxyl groups is 1. The summed E-state index contributed by atoms with van der Waals surface area (Å²) < 4.78 is 7.86. The molecule has 2 heterocycles. The second-order valence-electron chi connectivity index (χ2n) is 12.3. The molecule has 1 amide bonds. The van der Waals surface area contributed by atoms with E-state index in [1.54, 1.807) is 30.3 Å². The molecule has 2 fully saturated rings. The number of halogens is 1. The van der Waals surface area contributed by atoms with Crippen LogP contribution in [0, 0.1) is 6.92 Å². The standard InChI is InChI=1S/C35H39ClN4O4/c1-21(2)40-31-19-25(10-14-28(31)22(3)38-40)23-6-8-24(9-7-23)34(42)35(43)37-30(20-39-16-4-5-17-39)33(41)26-11-15-32(29(36)18-26)44-27-12-13-27/h6-11,14-15,18-19,21,27,30,33,41H,4-5,12-13,16-17,20H2,1-3H3,(H,37,43)/t30-,33-/m1/s1. The first-order valence-corrected chi connectivity index (χ1v) is 15.9. The van der Waals surface area contributed by atoms with Gasteiger partial charge in [0.1, 0.15) is 11.9 Å². The Kier molecular flexibility index (Phi) is 8.76. The highest BCUT2D eigenvalue weighted by Crippen LogP contribution is 2.34. The van der Waals surface area contributed by atoms with Crippen LogP contribution < -0.4 is 10.1 Å². The first-order chi connectivity index (χ1) is 21.2. The molecule has 0 bridgehead atoms. The minimum Gasteiger partial charge on any atom is -0.489 e. The van der Waals surface area contributed by atoms with Crippen molar-refractivity contribution >= 4 is 34.2 Å². The fourth-order valence-corrected chi connectivity index (χ4v) is 6.14. The van der Waals surface area contributed by atoms with Crippen LogP contribution >= 0.6 is 11.6 Å². The fourth-order valence-electron chi connectivity index (χ4n) is 5.91. The van der Waals surface area contributed by atoms with Crippen molar-refractivity contribution in [3.05, 3.63) is 82.5 Å². The van der Waals surface area contributed by atoms with E-state index in [1.807, 2.05) is 29.8 Å². The number of aliphatic hydroxyl groups excluding tert-OH is 1. The molecule has 0 unspecified atom stereocenters. The van der Waals surface area contributed by atoms with Gasteiger partial charge in [0.15, 0.2) is 0 Å². The lowest BCUT2D eigenvalue weighted by Crippen LogP contribution is -2.48. The second-order valence-corrected chi connectivity index (χ2v) is 12.7. The fraction of sp³-hybridized carbons (Fsp3) is 0.400. The molecule has 8 nitrogen and oxygen atoms in total. The molecule has 2 aliphatic rings. The zero-order valence-corrected chi connectivity index (χ0v) is 26.2.